The molecule has 1 saturated heterocycles. The number of hydrogen-bond acceptors (Lipinski definition) is 7. The molecule has 38 heavy (non-hydrogen) atoms. The molecule has 0 bridgehead atoms. The lowest BCUT2D eigenvalue weighted by Crippen LogP contribution is -2.39. The first-order valence-corrected chi connectivity index (χ1v) is 13.2. The molecular weight excluding hydrogens is 558 g/mol. The first-order chi connectivity index (χ1) is 18.0. The van der Waals surface area contributed by atoms with E-state index in [9.17, 15) is 29.1 Å². The monoisotopic (exact) mass is 583 g/mol. The largest absolute Gasteiger partial charge is 0.503 e. The maximum absolute atomic E-state index is 13.6. The minimum Gasteiger partial charge on any atom is -0.503 e. The topological polar surface area (TPSA) is 138 Å². The van der Waals surface area contributed by atoms with Gasteiger partial charge in [0, 0.05) is 35.6 Å². The van der Waals surface area contributed by atoms with Gasteiger partial charge in [-0.1, -0.05) is 11.6 Å². The van der Waals surface area contributed by atoms with Crippen molar-refractivity contribution in [3.8, 4) is 11.5 Å². The van der Waals surface area contributed by atoms with Crippen molar-refractivity contribution in [2.24, 2.45) is 17.8 Å². The van der Waals surface area contributed by atoms with Crippen molar-refractivity contribution in [3.05, 3.63) is 56.6 Å². The molecule has 1 fully saturated rings. The number of amides is 2. The summed E-state index contributed by atoms with van der Waals surface area (Å²) in [6.45, 7) is 1.61. The molecule has 0 saturated carbocycles. The molecule has 1 aliphatic heterocycles. The first kappa shape index (κ1) is 26.1. The number of Topliss-reactive ketones (excluding diaryl/α,β-unsaturated/α-hetero) is 1. The van der Waals surface area contributed by atoms with Crippen LogP contribution in [0.4, 0.5) is 0 Å². The lowest BCUT2D eigenvalue weighted by atomic mass is 9.59. The Bertz CT molecular complexity index is 1400. The van der Waals surface area contributed by atoms with Crippen LogP contribution in [0, 0.1) is 17.8 Å². The van der Waals surface area contributed by atoms with E-state index in [0.717, 1.165) is 10.5 Å². The Morgan fingerprint density at radius 3 is 2.58 bits per heavy atom. The number of nitrogens with zero attached hydrogens (tertiary/aromatic N) is 1. The van der Waals surface area contributed by atoms with Crippen LogP contribution in [0.5, 0.6) is 11.5 Å². The van der Waals surface area contributed by atoms with Crippen LogP contribution in [0.1, 0.15) is 44.1 Å². The summed E-state index contributed by atoms with van der Waals surface area (Å²) < 4.78 is 5.69. The number of aromatic hydroxyl groups is 1. The van der Waals surface area contributed by atoms with Crippen LogP contribution in [0.25, 0.3) is 0 Å². The highest BCUT2D eigenvalue weighted by atomic mass is 79.9. The van der Waals surface area contributed by atoms with Crippen LogP contribution in [-0.4, -0.2) is 58.1 Å². The van der Waals surface area contributed by atoms with Crippen LogP contribution < -0.4 is 4.74 Å². The number of likely N-dealkylation sites (tertiary alicyclic amines) is 1. The second-order valence-corrected chi connectivity index (χ2v) is 11.0. The van der Waals surface area contributed by atoms with Gasteiger partial charge in [0.15, 0.2) is 23.1 Å². The van der Waals surface area contributed by atoms with E-state index in [4.69, 9.17) is 9.84 Å². The van der Waals surface area contributed by atoms with Crippen molar-refractivity contribution in [1.29, 1.82) is 0 Å². The van der Waals surface area contributed by atoms with Crippen LogP contribution in [0.3, 0.4) is 0 Å². The Balaban J connectivity index is 1.61. The summed E-state index contributed by atoms with van der Waals surface area (Å²) in [7, 11) is 1.41. The number of methoxy groups -OCH3 is 1. The van der Waals surface area contributed by atoms with Crippen molar-refractivity contribution < 1.29 is 38.9 Å². The molecule has 3 aliphatic carbocycles. The maximum atomic E-state index is 13.6. The molecule has 5 rings (SSSR count). The molecule has 9 nitrogen and oxygen atoms in total. The number of phenols is 1. The van der Waals surface area contributed by atoms with Gasteiger partial charge in [-0.3, -0.25) is 28.9 Å². The average Bonchev–Trinajstić information content (AvgIpc) is 3.12. The lowest BCUT2D eigenvalue weighted by molar-refractivity contribution is -0.142. The Kier molecular flexibility index (Phi) is 6.63. The molecule has 4 unspecified atom stereocenters. The minimum absolute atomic E-state index is 0.0256. The van der Waals surface area contributed by atoms with Gasteiger partial charge in [-0.05, 0) is 71.8 Å². The van der Waals surface area contributed by atoms with Gasteiger partial charge < -0.3 is 14.9 Å². The second-order valence-electron chi connectivity index (χ2n) is 10.1. The zero-order valence-electron chi connectivity index (χ0n) is 20.8. The molecular formula is C28H26BrNO8. The second kappa shape index (κ2) is 9.65. The van der Waals surface area contributed by atoms with Gasteiger partial charge in [-0.25, -0.2) is 0 Å². The molecule has 2 N–H and O–H groups in total. The number of carboxylic acid groups (broad SMARTS) is 1. The van der Waals surface area contributed by atoms with E-state index in [1.54, 1.807) is 19.1 Å². The Morgan fingerprint density at radius 1 is 1.16 bits per heavy atom. The third kappa shape index (κ3) is 4.02. The van der Waals surface area contributed by atoms with Gasteiger partial charge in [-0.2, -0.15) is 0 Å². The zero-order chi connectivity index (χ0) is 27.5. The summed E-state index contributed by atoms with van der Waals surface area (Å²) in [6, 6.07) is 3.29. The highest BCUT2D eigenvalue weighted by Crippen LogP contribution is 2.56. The smallest absolute Gasteiger partial charge is 0.303 e. The highest BCUT2D eigenvalue weighted by Gasteiger charge is 2.56. The molecule has 1 heterocycles. The Hall–Kier alpha value is -3.53. The predicted molar refractivity (Wildman–Crippen MR) is 137 cm³/mol. The summed E-state index contributed by atoms with van der Waals surface area (Å²) in [6.07, 6.45) is 3.70. The van der Waals surface area contributed by atoms with Crippen molar-refractivity contribution >= 4 is 45.3 Å². The van der Waals surface area contributed by atoms with Gasteiger partial charge in [0.1, 0.15) is 0 Å². The van der Waals surface area contributed by atoms with E-state index in [2.05, 4.69) is 15.9 Å². The fourth-order valence-electron chi connectivity index (χ4n) is 6.35. The third-order valence-electron chi connectivity index (χ3n) is 8.03. The van der Waals surface area contributed by atoms with Gasteiger partial charge in [0.05, 0.1) is 23.4 Å². The molecule has 2 amide bonds. The van der Waals surface area contributed by atoms with Crippen LogP contribution in [0.15, 0.2) is 51.0 Å². The van der Waals surface area contributed by atoms with Crippen LogP contribution >= 0.6 is 15.9 Å². The molecule has 4 atom stereocenters. The zero-order valence-corrected chi connectivity index (χ0v) is 22.4. The summed E-state index contributed by atoms with van der Waals surface area (Å²) in [4.78, 5) is 65.6. The summed E-state index contributed by atoms with van der Waals surface area (Å²) in [5.41, 5.74) is 2.40. The van der Waals surface area contributed by atoms with Gasteiger partial charge >= 0.3 is 5.97 Å². The van der Waals surface area contributed by atoms with E-state index in [0.29, 0.717) is 33.2 Å². The number of fused-ring (bicyclic) bond motifs is 3. The number of rotatable bonds is 6. The fourth-order valence-corrected chi connectivity index (χ4v) is 6.81. The predicted octanol–water partition coefficient (Wildman–Crippen LogP) is 3.46. The number of halogens is 1. The summed E-state index contributed by atoms with van der Waals surface area (Å²) in [5.74, 6) is -4.61. The van der Waals surface area contributed by atoms with E-state index in [1.807, 2.05) is 6.08 Å². The number of carbonyl (C=O) groups excluding carboxylic acids is 4. The molecule has 198 valence electrons. The molecule has 1 aromatic rings. The Morgan fingerprint density at radius 2 is 1.89 bits per heavy atom. The van der Waals surface area contributed by atoms with Gasteiger partial charge in [-0.15, -0.1) is 0 Å². The van der Waals surface area contributed by atoms with Crippen molar-refractivity contribution in [1.82, 2.24) is 4.90 Å². The average molecular weight is 584 g/mol. The fraction of sp³-hybridized carbons (Fsp3) is 0.393. The standard InChI is InChI=1S/C28H26BrNO8/c1-12-8-19(31)24-17(25(12)34)11-16-14(22(24)13-9-18(29)26(35)20(10-13)38-2)5-6-15-23(16)28(37)30(27(15)36)7-3-4-21(32)33/h5,8-10,15-16,22-23,35H,3-4,6-7,11H2,1-2H3,(H,32,33). The first-order valence-electron chi connectivity index (χ1n) is 12.4. The number of ether oxygens (including phenoxy) is 1. The van der Waals surface area contributed by atoms with Crippen molar-refractivity contribution in [2.45, 2.75) is 38.5 Å². The van der Waals surface area contributed by atoms with Crippen LogP contribution in [-0.2, 0) is 24.0 Å². The number of benzene rings is 1. The number of carboxylic acids is 1. The molecule has 0 spiro atoms. The van der Waals surface area contributed by atoms with E-state index in [-0.39, 0.29) is 60.7 Å². The quantitative estimate of drug-likeness (QED) is 0.295. The minimum atomic E-state index is -1.00. The maximum Gasteiger partial charge on any atom is 0.303 e. The van der Waals surface area contributed by atoms with Gasteiger partial charge in [0.2, 0.25) is 11.8 Å². The third-order valence-corrected chi connectivity index (χ3v) is 8.63. The molecule has 10 heteroatoms. The highest BCUT2D eigenvalue weighted by molar-refractivity contribution is 9.10. The number of aliphatic carboxylic acids is 1. The van der Waals surface area contributed by atoms with Crippen molar-refractivity contribution in [3.63, 3.8) is 0 Å². The van der Waals surface area contributed by atoms with Gasteiger partial charge in [0.25, 0.3) is 0 Å². The molecule has 0 radical (unpaired) electrons. The van der Waals surface area contributed by atoms with E-state index < -0.39 is 29.6 Å². The van der Waals surface area contributed by atoms with E-state index in [1.165, 1.54) is 13.2 Å². The number of phenolic OH excluding ortho intramolecular Hbond substituents is 1. The number of hydrogen-bond donors (Lipinski definition) is 2. The SMILES string of the molecule is COc1cc(C2C3=CCC4C(=O)N(CCCC(=O)O)C(=O)C4C3CC3=C2C(=O)C=C(C)C3=O)cc(Br)c1O. The van der Waals surface area contributed by atoms with Crippen LogP contribution in [0.2, 0.25) is 0 Å². The lowest BCUT2D eigenvalue weighted by Gasteiger charge is -2.42. The number of imide groups is 1. The molecule has 0 aromatic heterocycles. The van der Waals surface area contributed by atoms with Crippen molar-refractivity contribution in [2.75, 3.05) is 13.7 Å². The number of allylic oxidation sites excluding steroid dienone is 6. The molecule has 4 aliphatic rings. The van der Waals surface area contributed by atoms with E-state index >= 15 is 0 Å². The normalized spacial score (nSPS) is 26.6. The Labute approximate surface area is 227 Å². The molecule has 1 aromatic carbocycles. The number of ketones is 2. The number of carbonyl (C=O) groups is 5. The summed E-state index contributed by atoms with van der Waals surface area (Å²) >= 11 is 3.34. The summed E-state index contributed by atoms with van der Waals surface area (Å²) in [5, 5.41) is 19.4.